The van der Waals surface area contributed by atoms with Crippen molar-refractivity contribution in [3.8, 4) is 5.75 Å². The number of aliphatic hydroxyl groups excluding tert-OH is 1. The highest BCUT2D eigenvalue weighted by atomic mass is 19.4. The molecule has 0 radical (unpaired) electrons. The largest absolute Gasteiger partial charge is 0.486 e. The SMILES string of the molecule is C[C@@H]1CN([C@H](C)CO)C(=O)c2cccc(NC(=O)CCCCCC(=O)Nc3ccccc3N)c2O[C@H]1CN(C)Cc1ccc(C(F)(F)F)cc1. The maximum absolute atomic E-state index is 13.8. The molecular formula is C37H46F3N5O5. The number of amides is 3. The summed E-state index contributed by atoms with van der Waals surface area (Å²) in [4.78, 5) is 42.7. The number of nitrogens with two attached hydrogens (primary N) is 1. The van der Waals surface area contributed by atoms with Crippen LogP contribution < -0.4 is 21.1 Å². The summed E-state index contributed by atoms with van der Waals surface area (Å²) >= 11 is 0. The van der Waals surface area contributed by atoms with Crippen LogP contribution in [0.4, 0.5) is 30.2 Å². The summed E-state index contributed by atoms with van der Waals surface area (Å²) in [5.41, 5.74) is 7.49. The van der Waals surface area contributed by atoms with Gasteiger partial charge in [0.15, 0.2) is 5.75 Å². The van der Waals surface area contributed by atoms with Crippen LogP contribution in [-0.4, -0.2) is 71.5 Å². The molecule has 0 spiro atoms. The molecule has 3 amide bonds. The van der Waals surface area contributed by atoms with E-state index in [4.69, 9.17) is 10.5 Å². The van der Waals surface area contributed by atoms with Gasteiger partial charge >= 0.3 is 6.18 Å². The monoisotopic (exact) mass is 697 g/mol. The third kappa shape index (κ3) is 10.4. The molecule has 0 aliphatic carbocycles. The molecule has 1 heterocycles. The van der Waals surface area contributed by atoms with Gasteiger partial charge < -0.3 is 31.1 Å². The lowest BCUT2D eigenvalue weighted by Crippen LogP contribution is -2.49. The Labute approximate surface area is 290 Å². The molecule has 270 valence electrons. The molecule has 4 rings (SSSR count). The first-order valence-corrected chi connectivity index (χ1v) is 16.8. The zero-order chi connectivity index (χ0) is 36.4. The molecule has 0 saturated carbocycles. The lowest BCUT2D eigenvalue weighted by atomic mass is 9.98. The first-order chi connectivity index (χ1) is 23.8. The molecule has 3 aromatic rings. The number of hydrogen-bond acceptors (Lipinski definition) is 7. The molecular weight excluding hydrogens is 651 g/mol. The van der Waals surface area contributed by atoms with Gasteiger partial charge in [0.1, 0.15) is 6.10 Å². The van der Waals surface area contributed by atoms with E-state index in [1.165, 1.54) is 12.1 Å². The van der Waals surface area contributed by atoms with E-state index in [1.807, 2.05) is 18.9 Å². The maximum Gasteiger partial charge on any atom is 0.416 e. The van der Waals surface area contributed by atoms with Gasteiger partial charge in [-0.05, 0) is 68.8 Å². The molecule has 1 aliphatic rings. The number of ether oxygens (including phenoxy) is 1. The molecule has 5 N–H and O–H groups in total. The van der Waals surface area contributed by atoms with Crippen molar-refractivity contribution in [1.29, 1.82) is 0 Å². The number of rotatable bonds is 14. The average Bonchev–Trinajstić information content (AvgIpc) is 3.07. The topological polar surface area (TPSA) is 137 Å². The van der Waals surface area contributed by atoms with Crippen LogP contribution >= 0.6 is 0 Å². The summed E-state index contributed by atoms with van der Waals surface area (Å²) in [6.07, 6.45) is -2.66. The smallest absolute Gasteiger partial charge is 0.416 e. The zero-order valence-corrected chi connectivity index (χ0v) is 28.6. The normalized spacial score (nSPS) is 17.0. The quantitative estimate of drug-likeness (QED) is 0.117. The molecule has 0 unspecified atom stereocenters. The fraction of sp³-hybridized carbons (Fsp3) is 0.432. The number of likely N-dealkylation sites (N-methyl/N-ethyl adjacent to an activating group) is 1. The van der Waals surface area contributed by atoms with Crippen molar-refractivity contribution in [2.24, 2.45) is 5.92 Å². The van der Waals surface area contributed by atoms with Crippen molar-refractivity contribution < 1.29 is 37.4 Å². The summed E-state index contributed by atoms with van der Waals surface area (Å²) in [5, 5.41) is 15.7. The van der Waals surface area contributed by atoms with Gasteiger partial charge in [-0.1, -0.05) is 43.7 Å². The van der Waals surface area contributed by atoms with E-state index >= 15 is 0 Å². The number of hydrogen-bond donors (Lipinski definition) is 4. The first kappa shape index (κ1) is 38.2. The van der Waals surface area contributed by atoms with Crippen molar-refractivity contribution >= 4 is 34.8 Å². The molecule has 10 nitrogen and oxygen atoms in total. The van der Waals surface area contributed by atoms with Crippen LogP contribution in [-0.2, 0) is 22.3 Å². The maximum atomic E-state index is 13.8. The number of carbonyl (C=O) groups excluding carboxylic acids is 3. The van der Waals surface area contributed by atoms with Crippen LogP contribution in [0.2, 0.25) is 0 Å². The highest BCUT2D eigenvalue weighted by Gasteiger charge is 2.35. The predicted octanol–water partition coefficient (Wildman–Crippen LogP) is 6.17. The second-order valence-electron chi connectivity index (χ2n) is 12.9. The third-order valence-corrected chi connectivity index (χ3v) is 8.73. The van der Waals surface area contributed by atoms with Crippen LogP contribution in [0.15, 0.2) is 66.7 Å². The number of para-hydroxylation sites is 3. The van der Waals surface area contributed by atoms with E-state index in [0.29, 0.717) is 61.5 Å². The van der Waals surface area contributed by atoms with E-state index in [0.717, 1.165) is 12.1 Å². The van der Waals surface area contributed by atoms with Crippen LogP contribution in [0.3, 0.4) is 0 Å². The number of nitrogens with one attached hydrogen (secondary N) is 2. The van der Waals surface area contributed by atoms with E-state index < -0.39 is 23.9 Å². The number of unbranched alkanes of at least 4 members (excludes halogenated alkanes) is 2. The number of halogens is 3. The number of aliphatic hydroxyl groups is 1. The Bertz CT molecular complexity index is 1620. The van der Waals surface area contributed by atoms with Gasteiger partial charge in [-0.2, -0.15) is 13.2 Å². The first-order valence-electron chi connectivity index (χ1n) is 16.8. The van der Waals surface area contributed by atoms with Crippen molar-refractivity contribution in [3.05, 3.63) is 83.4 Å². The Kier molecular flexibility index (Phi) is 13.3. The van der Waals surface area contributed by atoms with Crippen molar-refractivity contribution in [2.75, 3.05) is 43.1 Å². The second kappa shape index (κ2) is 17.3. The fourth-order valence-electron chi connectivity index (χ4n) is 5.83. The minimum Gasteiger partial charge on any atom is -0.486 e. The Balaban J connectivity index is 1.42. The molecule has 0 saturated heterocycles. The summed E-state index contributed by atoms with van der Waals surface area (Å²) in [5.74, 6) is -0.762. The van der Waals surface area contributed by atoms with Crippen LogP contribution in [0.25, 0.3) is 0 Å². The highest BCUT2D eigenvalue weighted by Crippen LogP contribution is 2.35. The van der Waals surface area contributed by atoms with Crippen molar-refractivity contribution in [3.63, 3.8) is 0 Å². The average molecular weight is 698 g/mol. The second-order valence-corrected chi connectivity index (χ2v) is 12.9. The van der Waals surface area contributed by atoms with E-state index in [9.17, 15) is 32.7 Å². The predicted molar refractivity (Wildman–Crippen MR) is 187 cm³/mol. The van der Waals surface area contributed by atoms with Crippen molar-refractivity contribution in [2.45, 2.75) is 70.8 Å². The lowest BCUT2D eigenvalue weighted by molar-refractivity contribution is -0.137. The van der Waals surface area contributed by atoms with E-state index in [2.05, 4.69) is 10.6 Å². The molecule has 50 heavy (non-hydrogen) atoms. The zero-order valence-electron chi connectivity index (χ0n) is 28.6. The summed E-state index contributed by atoms with van der Waals surface area (Å²) in [7, 11) is 1.83. The minimum absolute atomic E-state index is 0.157. The van der Waals surface area contributed by atoms with Gasteiger partial charge in [0.2, 0.25) is 11.8 Å². The van der Waals surface area contributed by atoms with E-state index in [-0.39, 0.29) is 54.4 Å². The molecule has 0 aromatic heterocycles. The Morgan fingerprint density at radius 2 is 1.60 bits per heavy atom. The van der Waals surface area contributed by atoms with Gasteiger partial charge in [-0.3, -0.25) is 19.3 Å². The lowest BCUT2D eigenvalue weighted by Gasteiger charge is -2.38. The summed E-state index contributed by atoms with van der Waals surface area (Å²) in [6, 6.07) is 16.5. The molecule has 13 heteroatoms. The third-order valence-electron chi connectivity index (χ3n) is 8.73. The Morgan fingerprint density at radius 3 is 2.22 bits per heavy atom. The van der Waals surface area contributed by atoms with Gasteiger partial charge in [0.05, 0.1) is 40.8 Å². The van der Waals surface area contributed by atoms with E-state index in [1.54, 1.807) is 54.3 Å². The van der Waals surface area contributed by atoms with Crippen LogP contribution in [0, 0.1) is 5.92 Å². The number of carbonyl (C=O) groups is 3. The highest BCUT2D eigenvalue weighted by molar-refractivity contribution is 6.01. The van der Waals surface area contributed by atoms with Gasteiger partial charge in [-0.25, -0.2) is 0 Å². The molecule has 0 bridgehead atoms. The minimum atomic E-state index is -4.42. The number of fused-ring (bicyclic) bond motifs is 1. The fourth-order valence-corrected chi connectivity index (χ4v) is 5.83. The van der Waals surface area contributed by atoms with Gasteiger partial charge in [0.25, 0.3) is 5.91 Å². The number of anilines is 3. The van der Waals surface area contributed by atoms with Crippen LogP contribution in [0.1, 0.15) is 67.4 Å². The van der Waals surface area contributed by atoms with Crippen molar-refractivity contribution in [1.82, 2.24) is 9.80 Å². The molecule has 3 aromatic carbocycles. The van der Waals surface area contributed by atoms with Crippen LogP contribution in [0.5, 0.6) is 5.75 Å². The molecule has 1 aliphatic heterocycles. The number of nitrogens with zero attached hydrogens (tertiary/aromatic N) is 2. The van der Waals surface area contributed by atoms with Gasteiger partial charge in [-0.15, -0.1) is 0 Å². The Hall–Kier alpha value is -4.62. The summed E-state index contributed by atoms with van der Waals surface area (Å²) in [6.45, 7) is 4.46. The summed E-state index contributed by atoms with van der Waals surface area (Å²) < 4.78 is 45.7. The molecule has 3 atom stereocenters. The molecule has 0 fully saturated rings. The Morgan fingerprint density at radius 1 is 0.980 bits per heavy atom. The van der Waals surface area contributed by atoms with Gasteiger partial charge in [0, 0.05) is 38.4 Å². The number of alkyl halides is 3. The standard InChI is InChI=1S/C37H46F3N5O5/c1-24-20-45(25(2)23-46)36(49)28-10-9-13-31(43-34(48)15-6-4-5-14-33(47)42-30-12-8-7-11-29(30)41)35(28)50-32(24)22-44(3)21-26-16-18-27(19-17-26)37(38,39)40/h7-13,16-19,24-25,32,46H,4-6,14-15,20-23,41H2,1-3H3,(H,42,47)(H,43,48)/t24-,25-,32+/m1/s1. The number of benzene rings is 3. The number of nitrogen functional groups attached to an aromatic ring is 1.